The van der Waals surface area contributed by atoms with Crippen molar-refractivity contribution >= 4 is 28.1 Å². The van der Waals surface area contributed by atoms with Crippen LogP contribution in [0.2, 0.25) is 5.02 Å². The van der Waals surface area contributed by atoms with Gasteiger partial charge in [-0.1, -0.05) is 11.6 Å². The smallest absolute Gasteiger partial charge is 0.419 e. The molecule has 3 atom stereocenters. The molecule has 15 heteroatoms. The highest BCUT2D eigenvalue weighted by Crippen LogP contribution is 2.42. The Morgan fingerprint density at radius 2 is 2.07 bits per heavy atom. The normalized spacial score (nSPS) is 25.9. The van der Waals surface area contributed by atoms with Gasteiger partial charge in [0.1, 0.15) is 29.6 Å². The van der Waals surface area contributed by atoms with Gasteiger partial charge in [-0.15, -0.1) is 0 Å². The number of phenols is 1. The van der Waals surface area contributed by atoms with Crippen LogP contribution in [0.25, 0.3) is 22.2 Å². The Bertz CT molecular complexity index is 1710. The van der Waals surface area contributed by atoms with Crippen LogP contribution < -0.4 is 20.9 Å². The number of benzene rings is 1. The lowest BCUT2D eigenvalue weighted by molar-refractivity contribution is -0.137. The number of fused-ring (bicyclic) bond motifs is 6. The fraction of sp³-hybridized carbons (Fsp3) is 0.500. The first-order valence-corrected chi connectivity index (χ1v) is 14.5. The van der Waals surface area contributed by atoms with E-state index >= 15 is 0 Å². The largest absolute Gasteiger partial charge is 0.508 e. The van der Waals surface area contributed by atoms with Crippen molar-refractivity contribution in [3.63, 3.8) is 0 Å². The third kappa shape index (κ3) is 4.93. The van der Waals surface area contributed by atoms with E-state index in [1.54, 1.807) is 0 Å². The summed E-state index contributed by atoms with van der Waals surface area (Å²) in [7, 11) is 0. The fourth-order valence-electron chi connectivity index (χ4n) is 6.95. The average molecular weight is 622 g/mol. The van der Waals surface area contributed by atoms with Gasteiger partial charge in [-0.05, 0) is 43.0 Å². The van der Waals surface area contributed by atoms with Crippen molar-refractivity contribution in [3.05, 3.63) is 50.5 Å². The second kappa shape index (κ2) is 10.4. The van der Waals surface area contributed by atoms with Gasteiger partial charge in [-0.25, -0.2) is 4.39 Å². The van der Waals surface area contributed by atoms with Crippen molar-refractivity contribution in [1.29, 1.82) is 0 Å². The zero-order valence-electron chi connectivity index (χ0n) is 22.8. The lowest BCUT2D eigenvalue weighted by atomic mass is 9.93. The molecule has 2 bridgehead atoms. The highest BCUT2D eigenvalue weighted by Gasteiger charge is 2.49. The number of ether oxygens (including phenoxy) is 1. The molecule has 5 aliphatic heterocycles. The van der Waals surface area contributed by atoms with E-state index in [-0.39, 0.29) is 29.6 Å². The summed E-state index contributed by atoms with van der Waals surface area (Å²) in [5.74, 6) is -0.571. The topological polar surface area (TPSA) is 117 Å². The van der Waals surface area contributed by atoms with E-state index in [1.807, 2.05) is 0 Å². The van der Waals surface area contributed by atoms with Gasteiger partial charge < -0.3 is 20.5 Å². The quantitative estimate of drug-likeness (QED) is 0.369. The Morgan fingerprint density at radius 3 is 2.88 bits per heavy atom. The van der Waals surface area contributed by atoms with Gasteiger partial charge in [0, 0.05) is 44.7 Å². The Morgan fingerprint density at radius 1 is 1.23 bits per heavy atom. The standard InChI is InChI=1S/C28H28ClF4N7O3/c29-20-5-17(41)6-21(22(20)28(31,32)33)40-25(42)24-19(11-36-40)23(18-4-16-10-34-8-14(18)9-35-16)37-26(38-24)43-13-27-2-1-3-39(27)12-15(30)7-27/h5-6,11,15-16,34-35,41H,1-4,7-10,12-13H2/t15-,16?,27+/m1/s1. The minimum Gasteiger partial charge on any atom is -0.508 e. The zero-order valence-corrected chi connectivity index (χ0v) is 23.6. The molecule has 43 heavy (non-hydrogen) atoms. The second-order valence-corrected chi connectivity index (χ2v) is 12.1. The van der Waals surface area contributed by atoms with Crippen molar-refractivity contribution in [3.8, 4) is 17.4 Å². The van der Waals surface area contributed by atoms with Crippen LogP contribution in [0, 0.1) is 0 Å². The lowest BCUT2D eigenvalue weighted by Crippen LogP contribution is -2.43. The molecule has 2 aromatic heterocycles. The summed E-state index contributed by atoms with van der Waals surface area (Å²) in [5.41, 5.74) is -1.41. The Hall–Kier alpha value is -3.33. The van der Waals surface area contributed by atoms with Gasteiger partial charge in [-0.2, -0.15) is 32.9 Å². The van der Waals surface area contributed by atoms with Crippen LogP contribution in [0.15, 0.2) is 28.7 Å². The Labute approximate surface area is 247 Å². The van der Waals surface area contributed by atoms with E-state index in [2.05, 4.69) is 25.6 Å². The number of phenolic OH excluding ortho intramolecular Hbond substituents is 1. The number of nitrogens with zero attached hydrogens (tertiary/aromatic N) is 5. The minimum absolute atomic E-state index is 0.107. The van der Waals surface area contributed by atoms with Gasteiger partial charge in [0.25, 0.3) is 5.56 Å². The Balaban J connectivity index is 1.39. The first kappa shape index (κ1) is 28.4. The zero-order chi connectivity index (χ0) is 30.1. The fourth-order valence-corrected chi connectivity index (χ4v) is 7.27. The molecule has 228 valence electrons. The molecular weight excluding hydrogens is 594 g/mol. The van der Waals surface area contributed by atoms with E-state index in [0.29, 0.717) is 42.9 Å². The van der Waals surface area contributed by atoms with E-state index in [0.717, 1.165) is 49.2 Å². The lowest BCUT2D eigenvalue weighted by Gasteiger charge is -2.31. The van der Waals surface area contributed by atoms with Crippen LogP contribution in [0.3, 0.4) is 0 Å². The van der Waals surface area contributed by atoms with Crippen LogP contribution >= 0.6 is 11.6 Å². The Kier molecular flexibility index (Phi) is 6.87. The molecule has 10 nitrogen and oxygen atoms in total. The molecule has 7 heterocycles. The summed E-state index contributed by atoms with van der Waals surface area (Å²) < 4.78 is 63.2. The molecule has 3 saturated heterocycles. The van der Waals surface area contributed by atoms with E-state index in [4.69, 9.17) is 21.3 Å². The second-order valence-electron chi connectivity index (χ2n) is 11.7. The van der Waals surface area contributed by atoms with E-state index < -0.39 is 45.5 Å². The molecule has 5 aliphatic rings. The first-order valence-electron chi connectivity index (χ1n) is 14.1. The van der Waals surface area contributed by atoms with Crippen molar-refractivity contribution in [1.82, 2.24) is 35.3 Å². The van der Waals surface area contributed by atoms with Crippen LogP contribution in [0.1, 0.15) is 36.9 Å². The van der Waals surface area contributed by atoms with E-state index in [9.17, 15) is 27.5 Å². The molecule has 1 aromatic carbocycles. The molecule has 0 saturated carbocycles. The number of nitrogens with one attached hydrogen (secondary N) is 2. The molecule has 3 fully saturated rings. The van der Waals surface area contributed by atoms with Crippen molar-refractivity contribution in [2.24, 2.45) is 0 Å². The summed E-state index contributed by atoms with van der Waals surface area (Å²) in [5, 5.41) is 20.4. The molecule has 3 aromatic rings. The minimum atomic E-state index is -4.95. The third-order valence-corrected chi connectivity index (χ3v) is 9.21. The van der Waals surface area contributed by atoms with Crippen molar-refractivity contribution in [2.45, 2.75) is 49.6 Å². The average Bonchev–Trinajstić information content (AvgIpc) is 3.26. The predicted molar refractivity (Wildman–Crippen MR) is 149 cm³/mol. The van der Waals surface area contributed by atoms with Crippen LogP contribution in [0.4, 0.5) is 17.6 Å². The summed E-state index contributed by atoms with van der Waals surface area (Å²) in [4.78, 5) is 25.1. The number of alkyl halides is 4. The highest BCUT2D eigenvalue weighted by molar-refractivity contribution is 6.31. The number of hydrogen-bond donors (Lipinski definition) is 3. The monoisotopic (exact) mass is 621 g/mol. The van der Waals surface area contributed by atoms with Gasteiger partial charge in [-0.3, -0.25) is 9.69 Å². The van der Waals surface area contributed by atoms with E-state index in [1.165, 1.54) is 6.20 Å². The molecule has 0 radical (unpaired) electrons. The maximum absolute atomic E-state index is 14.4. The number of rotatable bonds is 5. The molecule has 0 aliphatic carbocycles. The first-order chi connectivity index (χ1) is 20.5. The molecule has 1 unspecified atom stereocenters. The van der Waals surface area contributed by atoms with Gasteiger partial charge in [0.05, 0.1) is 33.5 Å². The van der Waals surface area contributed by atoms with Crippen molar-refractivity contribution in [2.75, 3.05) is 39.3 Å². The summed E-state index contributed by atoms with van der Waals surface area (Å²) in [6.45, 7) is 3.12. The predicted octanol–water partition coefficient (Wildman–Crippen LogP) is 3.23. The summed E-state index contributed by atoms with van der Waals surface area (Å²) in [6.07, 6.45) is -2.10. The highest BCUT2D eigenvalue weighted by atomic mass is 35.5. The number of aromatic nitrogens is 4. The summed E-state index contributed by atoms with van der Waals surface area (Å²) in [6, 6.07) is 1.51. The van der Waals surface area contributed by atoms with Crippen molar-refractivity contribution < 1.29 is 27.4 Å². The molecule has 8 rings (SSSR count). The molecular formula is C28H28ClF4N7O3. The van der Waals surface area contributed by atoms with Crippen LogP contribution in [-0.4, -0.2) is 86.8 Å². The van der Waals surface area contributed by atoms with Crippen LogP contribution in [-0.2, 0) is 6.18 Å². The maximum atomic E-state index is 14.4. The van der Waals surface area contributed by atoms with Gasteiger partial charge >= 0.3 is 12.2 Å². The van der Waals surface area contributed by atoms with Crippen LogP contribution in [0.5, 0.6) is 11.8 Å². The SMILES string of the molecule is O=c1c2nc(OC[C@@]34CCCN3C[C@H](F)C4)nc(C3=C4CNCC(C3)NC4)c2cnn1-c1cc(O)cc(Cl)c1C(F)(F)F. The number of halogens is 5. The summed E-state index contributed by atoms with van der Waals surface area (Å²) >= 11 is 5.88. The molecule has 0 spiro atoms. The number of aromatic hydroxyl groups is 1. The molecule has 3 N–H and O–H groups in total. The maximum Gasteiger partial charge on any atom is 0.419 e. The van der Waals surface area contributed by atoms with Gasteiger partial charge in [0.2, 0.25) is 0 Å². The third-order valence-electron chi connectivity index (χ3n) is 8.92. The number of hydrogen-bond acceptors (Lipinski definition) is 9. The van der Waals surface area contributed by atoms with Gasteiger partial charge in [0.15, 0.2) is 0 Å². The molecule has 0 amide bonds.